The van der Waals surface area contributed by atoms with Crippen LogP contribution in [0.2, 0.25) is 0 Å². The number of para-hydroxylation sites is 1. The van der Waals surface area contributed by atoms with Crippen LogP contribution in [0.5, 0.6) is 0 Å². The van der Waals surface area contributed by atoms with E-state index in [0.717, 1.165) is 16.8 Å². The third-order valence-corrected chi connectivity index (χ3v) is 3.64. The summed E-state index contributed by atoms with van der Waals surface area (Å²) in [5.74, 6) is -0.0493. The monoisotopic (exact) mass is 264 g/mol. The molecule has 0 spiro atoms. The van der Waals surface area contributed by atoms with E-state index >= 15 is 0 Å². The lowest BCUT2D eigenvalue weighted by Gasteiger charge is -2.29. The van der Waals surface area contributed by atoms with Gasteiger partial charge >= 0.3 is 0 Å². The molecule has 0 fully saturated rings. The number of nitrogens with one attached hydrogen (secondary N) is 2. The molecule has 100 valence electrons. The van der Waals surface area contributed by atoms with Crippen molar-refractivity contribution in [3.63, 3.8) is 0 Å². The van der Waals surface area contributed by atoms with Crippen molar-refractivity contribution in [1.82, 2.24) is 5.32 Å². The number of rotatable bonds is 4. The first-order valence-electron chi connectivity index (χ1n) is 6.61. The van der Waals surface area contributed by atoms with Crippen molar-refractivity contribution in [1.29, 1.82) is 0 Å². The van der Waals surface area contributed by atoms with Gasteiger partial charge in [-0.15, -0.1) is 6.58 Å². The molecule has 1 aliphatic heterocycles. The summed E-state index contributed by atoms with van der Waals surface area (Å²) in [5, 5.41) is 6.30. The molecule has 1 heterocycles. The number of hydrogen-bond acceptors (Lipinski definition) is 2. The van der Waals surface area contributed by atoms with Gasteiger partial charge in [-0.3, -0.25) is 10.1 Å². The average Bonchev–Trinajstić information content (AvgIpc) is 2.79. The topological polar surface area (TPSA) is 41.1 Å². The second-order valence-electron chi connectivity index (χ2n) is 4.79. The minimum Gasteiger partial charge on any atom is -0.324 e. The van der Waals surface area contributed by atoms with Gasteiger partial charge in [0.1, 0.15) is 0 Å². The Morgan fingerprint density at radius 1 is 1.10 bits per heavy atom. The summed E-state index contributed by atoms with van der Waals surface area (Å²) in [7, 11) is 0. The molecule has 20 heavy (non-hydrogen) atoms. The standard InChI is InChI=1S/C17H16N2O/c1-2-12-18-17(13-8-4-3-5-9-13)14-10-6-7-11-15(14)19-16(17)20/h2-11,18H,1,12H2,(H,19,20). The smallest absolute Gasteiger partial charge is 0.254 e. The molecular weight excluding hydrogens is 248 g/mol. The number of carbonyl (C=O) groups excluding carboxylic acids is 1. The number of benzene rings is 2. The molecule has 1 unspecified atom stereocenters. The number of anilines is 1. The predicted molar refractivity (Wildman–Crippen MR) is 80.5 cm³/mol. The summed E-state index contributed by atoms with van der Waals surface area (Å²) in [6.45, 7) is 4.29. The van der Waals surface area contributed by atoms with Gasteiger partial charge in [0.05, 0.1) is 0 Å². The molecule has 3 heteroatoms. The molecule has 0 aliphatic carbocycles. The van der Waals surface area contributed by atoms with Crippen LogP contribution in [0.4, 0.5) is 5.69 Å². The minimum atomic E-state index is -0.841. The zero-order valence-corrected chi connectivity index (χ0v) is 11.1. The fourth-order valence-electron chi connectivity index (χ4n) is 2.74. The molecule has 0 aromatic heterocycles. The van der Waals surface area contributed by atoms with E-state index in [1.807, 2.05) is 54.6 Å². The number of carbonyl (C=O) groups is 1. The Labute approximate surface area is 118 Å². The number of amides is 1. The van der Waals surface area contributed by atoms with Gasteiger partial charge in [-0.2, -0.15) is 0 Å². The van der Waals surface area contributed by atoms with Gasteiger partial charge < -0.3 is 5.32 Å². The summed E-state index contributed by atoms with van der Waals surface area (Å²) < 4.78 is 0. The maximum atomic E-state index is 12.7. The molecule has 1 aliphatic rings. The molecule has 0 saturated heterocycles. The van der Waals surface area contributed by atoms with Gasteiger partial charge in [0, 0.05) is 17.8 Å². The summed E-state index contributed by atoms with van der Waals surface area (Å²) in [6, 6.07) is 17.6. The van der Waals surface area contributed by atoms with Gasteiger partial charge in [0.2, 0.25) is 0 Å². The molecular formula is C17H16N2O. The second-order valence-corrected chi connectivity index (χ2v) is 4.79. The highest BCUT2D eigenvalue weighted by Gasteiger charge is 2.47. The van der Waals surface area contributed by atoms with Crippen molar-refractivity contribution in [2.75, 3.05) is 11.9 Å². The maximum Gasteiger partial charge on any atom is 0.254 e. The Kier molecular flexibility index (Phi) is 3.12. The lowest BCUT2D eigenvalue weighted by molar-refractivity contribution is -0.120. The molecule has 2 aromatic rings. The Morgan fingerprint density at radius 3 is 2.55 bits per heavy atom. The third-order valence-electron chi connectivity index (χ3n) is 3.64. The third kappa shape index (κ3) is 1.75. The van der Waals surface area contributed by atoms with Gasteiger partial charge in [-0.05, 0) is 11.6 Å². The van der Waals surface area contributed by atoms with E-state index in [1.54, 1.807) is 6.08 Å². The van der Waals surface area contributed by atoms with Gasteiger partial charge in [-0.25, -0.2) is 0 Å². The highest BCUT2D eigenvalue weighted by Crippen LogP contribution is 2.40. The van der Waals surface area contributed by atoms with Crippen LogP contribution in [0.15, 0.2) is 67.3 Å². The lowest BCUT2D eigenvalue weighted by atomic mass is 9.84. The van der Waals surface area contributed by atoms with E-state index in [4.69, 9.17) is 0 Å². The largest absolute Gasteiger partial charge is 0.324 e. The molecule has 0 radical (unpaired) electrons. The maximum absolute atomic E-state index is 12.7. The molecule has 3 rings (SSSR count). The van der Waals surface area contributed by atoms with Crippen molar-refractivity contribution in [2.24, 2.45) is 0 Å². The van der Waals surface area contributed by atoms with E-state index < -0.39 is 5.54 Å². The predicted octanol–water partition coefficient (Wildman–Crippen LogP) is 2.66. The average molecular weight is 264 g/mol. The highest BCUT2D eigenvalue weighted by molar-refractivity contribution is 6.08. The van der Waals surface area contributed by atoms with Crippen molar-refractivity contribution < 1.29 is 4.79 Å². The van der Waals surface area contributed by atoms with Gasteiger partial charge in [0.25, 0.3) is 5.91 Å². The van der Waals surface area contributed by atoms with Crippen molar-refractivity contribution in [3.05, 3.63) is 78.4 Å². The first kappa shape index (κ1) is 12.6. The number of fused-ring (bicyclic) bond motifs is 1. The Hall–Kier alpha value is -2.39. The summed E-state index contributed by atoms with van der Waals surface area (Å²) in [6.07, 6.45) is 1.76. The van der Waals surface area contributed by atoms with Gasteiger partial charge in [0.15, 0.2) is 5.54 Å². The zero-order valence-electron chi connectivity index (χ0n) is 11.1. The normalized spacial score (nSPS) is 20.3. The van der Waals surface area contributed by atoms with Crippen LogP contribution in [0.1, 0.15) is 11.1 Å². The highest BCUT2D eigenvalue weighted by atomic mass is 16.2. The van der Waals surface area contributed by atoms with E-state index in [-0.39, 0.29) is 5.91 Å². The first-order chi connectivity index (χ1) is 9.79. The van der Waals surface area contributed by atoms with E-state index in [1.165, 1.54) is 0 Å². The Bertz CT molecular complexity index is 651. The summed E-state index contributed by atoms with van der Waals surface area (Å²) in [4.78, 5) is 12.7. The van der Waals surface area contributed by atoms with Crippen molar-refractivity contribution >= 4 is 11.6 Å². The van der Waals surface area contributed by atoms with Crippen LogP contribution in [0, 0.1) is 0 Å². The molecule has 2 aromatic carbocycles. The first-order valence-corrected chi connectivity index (χ1v) is 6.61. The summed E-state index contributed by atoms with van der Waals surface area (Å²) in [5.41, 5.74) is 1.91. The van der Waals surface area contributed by atoms with Crippen LogP contribution < -0.4 is 10.6 Å². The minimum absolute atomic E-state index is 0.0493. The zero-order chi connectivity index (χ0) is 14.0. The van der Waals surface area contributed by atoms with Crippen LogP contribution in [-0.4, -0.2) is 12.5 Å². The van der Waals surface area contributed by atoms with Crippen LogP contribution in [0.25, 0.3) is 0 Å². The molecule has 0 saturated carbocycles. The van der Waals surface area contributed by atoms with Crippen molar-refractivity contribution in [3.8, 4) is 0 Å². The fraction of sp³-hybridized carbons (Fsp3) is 0.118. The number of hydrogen-bond donors (Lipinski definition) is 2. The van der Waals surface area contributed by atoms with E-state index in [0.29, 0.717) is 6.54 Å². The molecule has 0 bridgehead atoms. The van der Waals surface area contributed by atoms with Crippen LogP contribution in [-0.2, 0) is 10.3 Å². The summed E-state index contributed by atoms with van der Waals surface area (Å²) >= 11 is 0. The van der Waals surface area contributed by atoms with Gasteiger partial charge in [-0.1, -0.05) is 54.6 Å². The Morgan fingerprint density at radius 2 is 1.80 bits per heavy atom. The molecule has 1 atom stereocenters. The fourth-order valence-corrected chi connectivity index (χ4v) is 2.74. The van der Waals surface area contributed by atoms with Crippen LogP contribution in [0.3, 0.4) is 0 Å². The van der Waals surface area contributed by atoms with Crippen LogP contribution >= 0.6 is 0 Å². The van der Waals surface area contributed by atoms with E-state index in [9.17, 15) is 4.79 Å². The van der Waals surface area contributed by atoms with E-state index in [2.05, 4.69) is 17.2 Å². The second kappa shape index (κ2) is 4.94. The molecule has 2 N–H and O–H groups in total. The quantitative estimate of drug-likeness (QED) is 0.834. The molecule has 1 amide bonds. The molecule has 3 nitrogen and oxygen atoms in total. The SMILES string of the molecule is C=CCNC1(c2ccccc2)C(=O)Nc2ccccc21. The lowest BCUT2D eigenvalue weighted by Crippen LogP contribution is -2.49. The van der Waals surface area contributed by atoms with Crippen molar-refractivity contribution in [2.45, 2.75) is 5.54 Å². The Balaban J connectivity index is 2.21.